The van der Waals surface area contributed by atoms with E-state index in [1.807, 2.05) is 18.2 Å². The highest BCUT2D eigenvalue weighted by atomic mass is 35.5. The van der Waals surface area contributed by atoms with E-state index in [-0.39, 0.29) is 12.0 Å². The molecule has 0 aromatic heterocycles. The highest BCUT2D eigenvalue weighted by molar-refractivity contribution is 6.33. The number of halogens is 1. The number of nitrogens with zero attached hydrogens (tertiary/aromatic N) is 1. The molecule has 7 heteroatoms. The highest BCUT2D eigenvalue weighted by Crippen LogP contribution is 2.29. The van der Waals surface area contributed by atoms with Crippen LogP contribution in [-0.2, 0) is 11.3 Å². The van der Waals surface area contributed by atoms with Gasteiger partial charge in [-0.1, -0.05) is 55.3 Å². The largest absolute Gasteiger partial charge is 0.493 e. The lowest BCUT2D eigenvalue weighted by atomic mass is 10.1. The first-order valence-electron chi connectivity index (χ1n) is 10.4. The first-order chi connectivity index (χ1) is 14.6. The van der Waals surface area contributed by atoms with Gasteiger partial charge in [-0.2, -0.15) is 0 Å². The smallest absolute Gasteiger partial charge is 0.255 e. The Balaban J connectivity index is 1.57. The lowest BCUT2D eigenvalue weighted by molar-refractivity contribution is -0.0292. The summed E-state index contributed by atoms with van der Waals surface area (Å²) in [6.07, 6.45) is 1.83. The molecule has 1 saturated heterocycles. The van der Waals surface area contributed by atoms with Gasteiger partial charge in [0.05, 0.1) is 35.6 Å². The first-order valence-corrected chi connectivity index (χ1v) is 10.8. The molecule has 3 rings (SSSR count). The number of nitrogens with two attached hydrogens (primary N) is 1. The summed E-state index contributed by atoms with van der Waals surface area (Å²) in [5, 5.41) is 3.30. The van der Waals surface area contributed by atoms with E-state index in [9.17, 15) is 4.79 Å². The fourth-order valence-electron chi connectivity index (χ4n) is 3.38. The minimum absolute atomic E-state index is 0.0693. The van der Waals surface area contributed by atoms with Crippen LogP contribution in [0.3, 0.4) is 0 Å². The molecule has 0 radical (unpaired) electrons. The van der Waals surface area contributed by atoms with E-state index in [0.717, 1.165) is 32.5 Å². The number of amides is 1. The molecule has 6 nitrogen and oxygen atoms in total. The zero-order chi connectivity index (χ0) is 21.3. The third kappa shape index (κ3) is 6.36. The number of carbonyl (C=O) groups excluding carboxylic acids is 1. The number of benzene rings is 2. The van der Waals surface area contributed by atoms with Gasteiger partial charge in [0.15, 0.2) is 0 Å². The third-order valence-corrected chi connectivity index (χ3v) is 5.39. The second kappa shape index (κ2) is 11.2. The minimum Gasteiger partial charge on any atom is -0.493 e. The number of rotatable bonds is 9. The molecular formula is C23H30ClN3O3. The number of carbonyl (C=O) groups is 1. The van der Waals surface area contributed by atoms with Gasteiger partial charge in [0.1, 0.15) is 5.75 Å². The van der Waals surface area contributed by atoms with Gasteiger partial charge in [-0.3, -0.25) is 9.69 Å². The van der Waals surface area contributed by atoms with Crippen molar-refractivity contribution in [3.8, 4) is 5.75 Å². The Kier molecular flexibility index (Phi) is 8.37. The average molecular weight is 432 g/mol. The van der Waals surface area contributed by atoms with E-state index in [1.165, 1.54) is 5.56 Å². The van der Waals surface area contributed by atoms with Gasteiger partial charge in [-0.15, -0.1) is 0 Å². The van der Waals surface area contributed by atoms with E-state index in [1.54, 1.807) is 12.1 Å². The van der Waals surface area contributed by atoms with Crippen molar-refractivity contribution in [2.75, 3.05) is 38.6 Å². The summed E-state index contributed by atoms with van der Waals surface area (Å²) in [4.78, 5) is 15.2. The maximum atomic E-state index is 12.8. The Labute approximate surface area is 183 Å². The summed E-state index contributed by atoms with van der Waals surface area (Å²) >= 11 is 6.14. The first kappa shape index (κ1) is 22.4. The number of morpholine rings is 1. The molecule has 1 atom stereocenters. The number of ether oxygens (including phenoxy) is 2. The number of nitrogen functional groups attached to an aromatic ring is 1. The zero-order valence-electron chi connectivity index (χ0n) is 17.4. The van der Waals surface area contributed by atoms with Gasteiger partial charge < -0.3 is 20.5 Å². The summed E-state index contributed by atoms with van der Waals surface area (Å²) in [5.41, 5.74) is 7.95. The molecule has 1 unspecified atom stereocenters. The van der Waals surface area contributed by atoms with E-state index >= 15 is 0 Å². The summed E-state index contributed by atoms with van der Waals surface area (Å²) in [5.74, 6) is 0.213. The second-order valence-corrected chi connectivity index (χ2v) is 7.90. The van der Waals surface area contributed by atoms with Crippen LogP contribution in [0.4, 0.5) is 5.69 Å². The van der Waals surface area contributed by atoms with E-state index in [0.29, 0.717) is 41.8 Å². The van der Waals surface area contributed by atoms with Crippen LogP contribution in [0.5, 0.6) is 5.75 Å². The van der Waals surface area contributed by atoms with Gasteiger partial charge in [0.2, 0.25) is 0 Å². The normalized spacial score (nSPS) is 16.9. The van der Waals surface area contributed by atoms with Gasteiger partial charge >= 0.3 is 0 Å². The van der Waals surface area contributed by atoms with Gasteiger partial charge in [-0.25, -0.2) is 0 Å². The Bertz CT molecular complexity index is 832. The standard InChI is InChI=1S/C23H30ClN3O3/c1-2-3-10-30-22-13-21(25)20(24)12-19(22)23(28)26-14-18-16-27(9-11-29-18)15-17-7-5-4-6-8-17/h4-8,12-13,18H,2-3,9-11,14-16,25H2,1H3,(H,26,28). The molecule has 162 valence electrons. The van der Waals surface area contributed by atoms with Crippen molar-refractivity contribution >= 4 is 23.2 Å². The SMILES string of the molecule is CCCCOc1cc(N)c(Cl)cc1C(=O)NCC1CN(Cc2ccccc2)CCO1. The molecule has 0 spiro atoms. The maximum absolute atomic E-state index is 12.8. The monoisotopic (exact) mass is 431 g/mol. The fourth-order valence-corrected chi connectivity index (χ4v) is 3.55. The molecule has 1 fully saturated rings. The Morgan fingerprint density at radius 3 is 2.90 bits per heavy atom. The molecule has 0 aliphatic carbocycles. The van der Waals surface area contributed by atoms with Crippen molar-refractivity contribution in [3.63, 3.8) is 0 Å². The topological polar surface area (TPSA) is 76.8 Å². The molecule has 30 heavy (non-hydrogen) atoms. The zero-order valence-corrected chi connectivity index (χ0v) is 18.2. The van der Waals surface area contributed by atoms with Crippen LogP contribution in [0.1, 0.15) is 35.7 Å². The summed E-state index contributed by atoms with van der Waals surface area (Å²) in [6, 6.07) is 13.5. The van der Waals surface area contributed by atoms with Gasteiger partial charge in [0.25, 0.3) is 5.91 Å². The number of hydrogen-bond donors (Lipinski definition) is 2. The predicted molar refractivity (Wildman–Crippen MR) is 120 cm³/mol. The summed E-state index contributed by atoms with van der Waals surface area (Å²) in [7, 11) is 0. The van der Waals surface area contributed by atoms with E-state index in [4.69, 9.17) is 26.8 Å². The number of nitrogens with one attached hydrogen (secondary N) is 1. The molecular weight excluding hydrogens is 402 g/mol. The van der Waals surface area contributed by atoms with Crippen molar-refractivity contribution in [1.82, 2.24) is 10.2 Å². The number of hydrogen-bond acceptors (Lipinski definition) is 5. The van der Waals surface area contributed by atoms with Crippen LogP contribution in [0.2, 0.25) is 5.02 Å². The summed E-state index contributed by atoms with van der Waals surface area (Å²) < 4.78 is 11.6. The molecule has 1 aliphatic heterocycles. The average Bonchev–Trinajstić information content (AvgIpc) is 2.75. The summed E-state index contributed by atoms with van der Waals surface area (Å²) in [6.45, 7) is 6.18. The van der Waals surface area contributed by atoms with Crippen LogP contribution in [0, 0.1) is 0 Å². The molecule has 1 amide bonds. The Morgan fingerprint density at radius 1 is 1.33 bits per heavy atom. The molecule has 1 heterocycles. The molecule has 2 aromatic carbocycles. The van der Waals surface area contributed by atoms with Gasteiger partial charge in [-0.05, 0) is 18.1 Å². The van der Waals surface area contributed by atoms with E-state index in [2.05, 4.69) is 29.3 Å². The van der Waals surface area contributed by atoms with Crippen LogP contribution in [0.15, 0.2) is 42.5 Å². The lowest BCUT2D eigenvalue weighted by Gasteiger charge is -2.33. The Hall–Kier alpha value is -2.28. The minimum atomic E-state index is -0.243. The van der Waals surface area contributed by atoms with Crippen LogP contribution < -0.4 is 15.8 Å². The molecule has 1 aliphatic rings. The van der Waals surface area contributed by atoms with Crippen molar-refractivity contribution < 1.29 is 14.3 Å². The van der Waals surface area contributed by atoms with Gasteiger partial charge in [0, 0.05) is 32.2 Å². The quantitative estimate of drug-likeness (QED) is 0.467. The fraction of sp³-hybridized carbons (Fsp3) is 0.435. The van der Waals surface area contributed by atoms with Crippen LogP contribution in [-0.4, -0.2) is 49.8 Å². The lowest BCUT2D eigenvalue weighted by Crippen LogP contribution is -2.47. The van der Waals surface area contributed by atoms with Crippen molar-refractivity contribution in [1.29, 1.82) is 0 Å². The van der Waals surface area contributed by atoms with Crippen molar-refractivity contribution in [2.45, 2.75) is 32.4 Å². The molecule has 0 saturated carbocycles. The van der Waals surface area contributed by atoms with Crippen LogP contribution >= 0.6 is 11.6 Å². The number of anilines is 1. The number of unbranched alkanes of at least 4 members (excludes halogenated alkanes) is 1. The molecule has 0 bridgehead atoms. The van der Waals surface area contributed by atoms with E-state index < -0.39 is 0 Å². The Morgan fingerprint density at radius 2 is 2.13 bits per heavy atom. The predicted octanol–water partition coefficient (Wildman–Crippen LogP) is 3.73. The van der Waals surface area contributed by atoms with Crippen LogP contribution in [0.25, 0.3) is 0 Å². The highest BCUT2D eigenvalue weighted by Gasteiger charge is 2.22. The molecule has 2 aromatic rings. The third-order valence-electron chi connectivity index (χ3n) is 5.06. The van der Waals surface area contributed by atoms with Crippen molar-refractivity contribution in [3.05, 3.63) is 58.6 Å². The maximum Gasteiger partial charge on any atom is 0.255 e. The molecule has 3 N–H and O–H groups in total. The second-order valence-electron chi connectivity index (χ2n) is 7.50. The van der Waals surface area contributed by atoms with Crippen molar-refractivity contribution in [2.24, 2.45) is 0 Å².